The van der Waals surface area contributed by atoms with Crippen LogP contribution in [0.15, 0.2) is 53.7 Å². The lowest BCUT2D eigenvalue weighted by Gasteiger charge is -2.24. The minimum absolute atomic E-state index is 0.0535. The number of hydrogen-bond donors (Lipinski definition) is 4. The fourth-order valence-electron chi connectivity index (χ4n) is 4.16. The van der Waals surface area contributed by atoms with E-state index in [-0.39, 0.29) is 23.2 Å². The number of H-pyrrole nitrogens is 2. The molecular weight excluding hydrogens is 433 g/mol. The molecule has 33 heavy (non-hydrogen) atoms. The molecular formula is C23H21F3N6O. The van der Waals surface area contributed by atoms with Crippen LogP contribution in [0.3, 0.4) is 0 Å². The number of aromatic amines is 2. The van der Waals surface area contributed by atoms with E-state index in [1.807, 2.05) is 0 Å². The first-order valence-electron chi connectivity index (χ1n) is 10.6. The van der Waals surface area contributed by atoms with Gasteiger partial charge in [-0.2, -0.15) is 13.2 Å². The molecule has 10 heteroatoms. The van der Waals surface area contributed by atoms with Crippen LogP contribution < -0.4 is 16.2 Å². The van der Waals surface area contributed by atoms with Crippen molar-refractivity contribution < 1.29 is 13.2 Å². The van der Waals surface area contributed by atoms with Crippen molar-refractivity contribution in [3.63, 3.8) is 0 Å². The number of nitrogens with zero attached hydrogens (tertiary/aromatic N) is 2. The van der Waals surface area contributed by atoms with Gasteiger partial charge in [0.1, 0.15) is 5.56 Å². The summed E-state index contributed by atoms with van der Waals surface area (Å²) in [7, 11) is 0. The molecule has 0 aliphatic carbocycles. The first kappa shape index (κ1) is 21.2. The Morgan fingerprint density at radius 3 is 2.76 bits per heavy atom. The maximum absolute atomic E-state index is 13.8. The lowest BCUT2D eigenvalue weighted by Crippen LogP contribution is -2.38. The number of nitrogens with one attached hydrogen (secondary N) is 4. The number of pyridine rings is 1. The Hall–Kier alpha value is -3.66. The van der Waals surface area contributed by atoms with Gasteiger partial charge in [0.05, 0.1) is 5.69 Å². The van der Waals surface area contributed by atoms with E-state index < -0.39 is 11.7 Å². The Labute approximate surface area is 186 Å². The fourth-order valence-corrected chi connectivity index (χ4v) is 4.16. The van der Waals surface area contributed by atoms with Crippen molar-refractivity contribution in [2.45, 2.75) is 25.1 Å². The normalized spacial score (nSPS) is 16.8. The average molecular weight is 454 g/mol. The maximum Gasteiger partial charge on any atom is 0.419 e. The lowest BCUT2D eigenvalue weighted by molar-refractivity contribution is -0.137. The number of benzene rings is 1. The molecule has 1 fully saturated rings. The van der Waals surface area contributed by atoms with E-state index in [1.54, 1.807) is 36.5 Å². The Bertz CT molecular complexity index is 1350. The summed E-state index contributed by atoms with van der Waals surface area (Å²) in [6, 6.07) is 8.61. The number of alkyl halides is 3. The monoisotopic (exact) mass is 454 g/mol. The second kappa shape index (κ2) is 8.36. The third-order valence-corrected chi connectivity index (χ3v) is 5.79. The van der Waals surface area contributed by atoms with E-state index in [2.05, 4.69) is 30.6 Å². The number of anilines is 1. The lowest BCUT2D eigenvalue weighted by atomic mass is 10.0. The number of hydrogen-bond acceptors (Lipinski definition) is 5. The summed E-state index contributed by atoms with van der Waals surface area (Å²) in [6.07, 6.45) is 1.13. The van der Waals surface area contributed by atoms with E-state index in [1.165, 1.54) is 6.20 Å². The molecule has 0 unspecified atom stereocenters. The van der Waals surface area contributed by atoms with Crippen LogP contribution in [-0.2, 0) is 6.18 Å². The summed E-state index contributed by atoms with van der Waals surface area (Å²) in [4.78, 5) is 26.0. The topological polar surface area (TPSA) is 98.5 Å². The number of halogens is 3. The first-order chi connectivity index (χ1) is 15.9. The number of rotatable bonds is 4. The molecule has 4 N–H and O–H groups in total. The van der Waals surface area contributed by atoms with Crippen LogP contribution in [-0.4, -0.2) is 39.1 Å². The smallest absolute Gasteiger partial charge is 0.360 e. The minimum Gasteiger partial charge on any atom is -0.360 e. The van der Waals surface area contributed by atoms with Gasteiger partial charge in [-0.1, -0.05) is 12.1 Å². The summed E-state index contributed by atoms with van der Waals surface area (Å²) < 4.78 is 41.4. The SMILES string of the molecule is O=c1[nH]cccc1-c1ccc2c(-c3nc(N[C@H]4CCCNC4)ncc3C(F)(F)F)c[nH]c2c1. The molecule has 1 aliphatic heterocycles. The summed E-state index contributed by atoms with van der Waals surface area (Å²) in [5.74, 6) is 0.161. The second-order valence-electron chi connectivity index (χ2n) is 8.02. The summed E-state index contributed by atoms with van der Waals surface area (Å²) in [6.45, 7) is 1.62. The Balaban J connectivity index is 1.58. The third-order valence-electron chi connectivity index (χ3n) is 5.79. The largest absolute Gasteiger partial charge is 0.419 e. The molecule has 3 aromatic heterocycles. The summed E-state index contributed by atoms with van der Waals surface area (Å²) in [5, 5.41) is 6.97. The standard InChI is InChI=1S/C23H21F3N6O/c24-23(25,26)18-12-30-22(31-14-3-1-7-27-10-14)32-20(18)17-11-29-19-9-13(5-6-16(17)19)15-4-2-8-28-21(15)33/h2,4-6,8-9,11-12,14,27,29H,1,3,7,10H2,(H,28,33)(H,30,31,32)/t14-/m0/s1. The zero-order chi connectivity index (χ0) is 23.0. The predicted molar refractivity (Wildman–Crippen MR) is 120 cm³/mol. The van der Waals surface area contributed by atoms with E-state index in [0.29, 0.717) is 34.1 Å². The highest BCUT2D eigenvalue weighted by atomic mass is 19.4. The van der Waals surface area contributed by atoms with Gasteiger partial charge in [0.25, 0.3) is 5.56 Å². The highest BCUT2D eigenvalue weighted by Crippen LogP contribution is 2.39. The molecule has 0 amide bonds. The third kappa shape index (κ3) is 4.21. The van der Waals surface area contributed by atoms with E-state index in [4.69, 9.17) is 0 Å². The van der Waals surface area contributed by atoms with Crippen molar-refractivity contribution in [3.8, 4) is 22.4 Å². The zero-order valence-electron chi connectivity index (χ0n) is 17.5. The quantitative estimate of drug-likeness (QED) is 0.371. The molecule has 0 spiro atoms. The molecule has 5 rings (SSSR count). The van der Waals surface area contributed by atoms with Crippen LogP contribution in [0.4, 0.5) is 19.1 Å². The number of aromatic nitrogens is 4. The zero-order valence-corrected chi connectivity index (χ0v) is 17.5. The fraction of sp³-hybridized carbons (Fsp3) is 0.261. The van der Waals surface area contributed by atoms with E-state index in [9.17, 15) is 18.0 Å². The van der Waals surface area contributed by atoms with Gasteiger partial charge in [-0.05, 0) is 43.1 Å². The van der Waals surface area contributed by atoms with Gasteiger partial charge in [-0.15, -0.1) is 0 Å². The van der Waals surface area contributed by atoms with Crippen LogP contribution in [0, 0.1) is 0 Å². The average Bonchev–Trinajstić information content (AvgIpc) is 3.22. The van der Waals surface area contributed by atoms with Crippen molar-refractivity contribution >= 4 is 16.9 Å². The highest BCUT2D eigenvalue weighted by Gasteiger charge is 2.36. The molecule has 4 aromatic rings. The second-order valence-corrected chi connectivity index (χ2v) is 8.02. The van der Waals surface area contributed by atoms with Crippen LogP contribution in [0.1, 0.15) is 18.4 Å². The molecule has 1 saturated heterocycles. The van der Waals surface area contributed by atoms with E-state index in [0.717, 1.165) is 25.6 Å². The predicted octanol–water partition coefficient (Wildman–Crippen LogP) is 4.16. The van der Waals surface area contributed by atoms with Gasteiger partial charge in [0.2, 0.25) is 5.95 Å². The number of fused-ring (bicyclic) bond motifs is 1. The molecule has 170 valence electrons. The van der Waals surface area contributed by atoms with Gasteiger partial charge < -0.3 is 20.6 Å². The Morgan fingerprint density at radius 2 is 2.00 bits per heavy atom. The van der Waals surface area contributed by atoms with E-state index >= 15 is 0 Å². The van der Waals surface area contributed by atoms with Gasteiger partial charge >= 0.3 is 6.18 Å². The molecule has 1 atom stereocenters. The molecule has 0 saturated carbocycles. The van der Waals surface area contributed by atoms with Crippen molar-refractivity contribution in [3.05, 3.63) is 64.8 Å². The minimum atomic E-state index is -4.61. The molecule has 0 bridgehead atoms. The van der Waals surface area contributed by atoms with Gasteiger partial charge in [0.15, 0.2) is 0 Å². The van der Waals surface area contributed by atoms with Crippen molar-refractivity contribution in [1.29, 1.82) is 0 Å². The van der Waals surface area contributed by atoms with Crippen LogP contribution in [0.2, 0.25) is 0 Å². The van der Waals surface area contributed by atoms with Gasteiger partial charge in [0, 0.05) is 53.2 Å². The Kier molecular flexibility index (Phi) is 5.37. The summed E-state index contributed by atoms with van der Waals surface area (Å²) >= 11 is 0. The molecule has 1 aliphatic rings. The van der Waals surface area contributed by atoms with Crippen molar-refractivity contribution in [1.82, 2.24) is 25.3 Å². The van der Waals surface area contributed by atoms with Crippen LogP contribution in [0.5, 0.6) is 0 Å². The highest BCUT2D eigenvalue weighted by molar-refractivity contribution is 5.97. The molecule has 7 nitrogen and oxygen atoms in total. The summed E-state index contributed by atoms with van der Waals surface area (Å²) in [5.41, 5.74) is 0.706. The van der Waals surface area contributed by atoms with Gasteiger partial charge in [-0.3, -0.25) is 4.79 Å². The van der Waals surface area contributed by atoms with Gasteiger partial charge in [-0.25, -0.2) is 9.97 Å². The maximum atomic E-state index is 13.8. The van der Waals surface area contributed by atoms with Crippen molar-refractivity contribution in [2.24, 2.45) is 0 Å². The van der Waals surface area contributed by atoms with Crippen LogP contribution >= 0.6 is 0 Å². The molecule has 1 aromatic carbocycles. The number of piperidine rings is 1. The van der Waals surface area contributed by atoms with Crippen molar-refractivity contribution in [2.75, 3.05) is 18.4 Å². The molecule has 0 radical (unpaired) electrons. The first-order valence-corrected chi connectivity index (χ1v) is 10.6. The molecule has 4 heterocycles. The Morgan fingerprint density at radius 1 is 1.12 bits per heavy atom. The van der Waals surface area contributed by atoms with Crippen LogP contribution in [0.25, 0.3) is 33.3 Å².